The van der Waals surface area contributed by atoms with Crippen LogP contribution in [-0.2, 0) is 10.0 Å². The number of hydrogen-bond acceptors (Lipinski definition) is 5. The van der Waals surface area contributed by atoms with Gasteiger partial charge in [0.2, 0.25) is 3.79 Å². The van der Waals surface area contributed by atoms with Crippen molar-refractivity contribution in [2.75, 3.05) is 5.32 Å². The number of carbonyl (C=O) groups excluding carboxylic acids is 2. The molecule has 9 nitrogen and oxygen atoms in total. The summed E-state index contributed by atoms with van der Waals surface area (Å²) in [6.45, 7) is 1.82. The molecule has 3 aromatic carbocycles. The Bertz CT molecular complexity index is 1470. The molecule has 15 heteroatoms. The summed E-state index contributed by atoms with van der Waals surface area (Å²) in [7, 11) is -4.01. The molecule has 0 aliphatic carbocycles. The molecule has 3 rings (SSSR count). The fourth-order valence-electron chi connectivity index (χ4n) is 3.05. The van der Waals surface area contributed by atoms with Gasteiger partial charge in [0.25, 0.3) is 21.8 Å². The smallest absolute Gasteiger partial charge is 0.268 e. The van der Waals surface area contributed by atoms with Gasteiger partial charge in [0.15, 0.2) is 5.11 Å². The summed E-state index contributed by atoms with van der Waals surface area (Å²) in [4.78, 5) is 27.5. The van der Waals surface area contributed by atoms with Gasteiger partial charge in [-0.15, -0.1) is 4.83 Å². The van der Waals surface area contributed by atoms with E-state index in [1.165, 1.54) is 24.3 Å². The lowest BCUT2D eigenvalue weighted by Crippen LogP contribution is -2.56. The van der Waals surface area contributed by atoms with Crippen LogP contribution in [0.25, 0.3) is 0 Å². The van der Waals surface area contributed by atoms with Gasteiger partial charge < -0.3 is 16.0 Å². The number of alkyl halides is 3. The van der Waals surface area contributed by atoms with Gasteiger partial charge in [-0.25, -0.2) is 8.42 Å². The zero-order valence-electron chi connectivity index (χ0n) is 20.0. The van der Waals surface area contributed by atoms with Gasteiger partial charge in [0.05, 0.1) is 16.1 Å². The van der Waals surface area contributed by atoms with Gasteiger partial charge in [-0.05, 0) is 90.3 Å². The SMILES string of the molecule is Cc1ccc(S(=O)(=O)NNC(=O)c2ccccc2NC(=S)NC(NC(=O)c2ccc(I)cc2)C(Cl)(Cl)Cl)cc1. The van der Waals surface area contributed by atoms with Crippen molar-refractivity contribution in [1.82, 2.24) is 20.9 Å². The number of anilines is 1. The molecule has 2 amide bonds. The van der Waals surface area contributed by atoms with E-state index in [0.29, 0.717) is 5.56 Å². The van der Waals surface area contributed by atoms with E-state index in [0.717, 1.165) is 9.13 Å². The van der Waals surface area contributed by atoms with E-state index >= 15 is 0 Å². The van der Waals surface area contributed by atoms with Crippen LogP contribution in [0.4, 0.5) is 5.69 Å². The highest BCUT2D eigenvalue weighted by Gasteiger charge is 2.35. The highest BCUT2D eigenvalue weighted by atomic mass is 127. The maximum atomic E-state index is 12.8. The van der Waals surface area contributed by atoms with Crippen molar-refractivity contribution in [2.45, 2.75) is 21.8 Å². The van der Waals surface area contributed by atoms with Crippen molar-refractivity contribution in [2.24, 2.45) is 0 Å². The predicted molar refractivity (Wildman–Crippen MR) is 165 cm³/mol. The molecule has 1 atom stereocenters. The average Bonchev–Trinajstić information content (AvgIpc) is 2.87. The first-order valence-corrected chi connectivity index (χ1v) is 15.1. The molecule has 0 saturated carbocycles. The standard InChI is InChI=1S/C24H21Cl3IN5O4S2/c1-14-6-12-17(13-7-14)39(36,37)33-32-21(35)18-4-2-3-5-19(18)29-23(38)31-22(24(25,26)27)30-20(34)15-8-10-16(28)11-9-15/h2-13,22,33H,1H3,(H,30,34)(H,32,35)(H2,29,31,38). The molecule has 3 aromatic rings. The van der Waals surface area contributed by atoms with Crippen LogP contribution in [0, 0.1) is 10.5 Å². The molecule has 0 aliphatic rings. The zero-order chi connectivity index (χ0) is 28.8. The normalized spacial score (nSPS) is 12.2. The van der Waals surface area contributed by atoms with Crippen LogP contribution in [0.1, 0.15) is 26.3 Å². The summed E-state index contributed by atoms with van der Waals surface area (Å²) >= 11 is 25.6. The number of halogens is 4. The van der Waals surface area contributed by atoms with Crippen LogP contribution < -0.4 is 26.2 Å². The monoisotopic (exact) mass is 739 g/mol. The third kappa shape index (κ3) is 9.17. The minimum atomic E-state index is -4.01. The molecule has 39 heavy (non-hydrogen) atoms. The first-order chi connectivity index (χ1) is 18.3. The zero-order valence-corrected chi connectivity index (χ0v) is 26.0. The highest BCUT2D eigenvalue weighted by Crippen LogP contribution is 2.29. The highest BCUT2D eigenvalue weighted by molar-refractivity contribution is 14.1. The largest absolute Gasteiger partial charge is 0.339 e. The summed E-state index contributed by atoms with van der Waals surface area (Å²) in [5, 5.41) is 8.00. The van der Waals surface area contributed by atoms with Gasteiger partial charge >= 0.3 is 0 Å². The Labute approximate surface area is 259 Å². The fourth-order valence-corrected chi connectivity index (χ4v) is 4.81. The summed E-state index contributed by atoms with van der Waals surface area (Å²) in [6.07, 6.45) is -1.25. The number of amides is 2. The Morgan fingerprint density at radius 2 is 1.51 bits per heavy atom. The Morgan fingerprint density at radius 3 is 2.13 bits per heavy atom. The van der Waals surface area contributed by atoms with Crippen LogP contribution in [0.15, 0.2) is 77.7 Å². The molecule has 0 radical (unpaired) electrons. The molecule has 0 spiro atoms. The van der Waals surface area contributed by atoms with Crippen molar-refractivity contribution in [3.8, 4) is 0 Å². The molecule has 206 valence electrons. The van der Waals surface area contributed by atoms with E-state index in [1.54, 1.807) is 48.5 Å². The number of aryl methyl sites for hydroxylation is 1. The topological polar surface area (TPSA) is 128 Å². The van der Waals surface area contributed by atoms with Crippen LogP contribution in [0.3, 0.4) is 0 Å². The Balaban J connectivity index is 1.68. The summed E-state index contributed by atoms with van der Waals surface area (Å²) in [5.41, 5.74) is 3.67. The quantitative estimate of drug-likeness (QED) is 0.0750. The van der Waals surface area contributed by atoms with Crippen LogP contribution in [0.2, 0.25) is 0 Å². The van der Waals surface area contributed by atoms with E-state index in [1.807, 2.05) is 6.92 Å². The third-order valence-electron chi connectivity index (χ3n) is 5.03. The molecule has 0 bridgehead atoms. The summed E-state index contributed by atoms with van der Waals surface area (Å²) in [6, 6.07) is 19.0. The first kappa shape index (κ1) is 31.3. The molecular formula is C24H21Cl3IN5O4S2. The van der Waals surface area contributed by atoms with Crippen LogP contribution in [0.5, 0.6) is 0 Å². The number of rotatable bonds is 8. The van der Waals surface area contributed by atoms with Crippen molar-refractivity contribution < 1.29 is 18.0 Å². The van der Waals surface area contributed by atoms with Crippen LogP contribution >= 0.6 is 69.6 Å². The molecule has 0 saturated heterocycles. The maximum Gasteiger partial charge on any atom is 0.268 e. The maximum absolute atomic E-state index is 12.8. The van der Waals surface area contributed by atoms with Gasteiger partial charge in [0.1, 0.15) is 6.17 Å². The first-order valence-electron chi connectivity index (χ1n) is 10.9. The average molecular weight is 741 g/mol. The van der Waals surface area contributed by atoms with Crippen LogP contribution in [-0.4, -0.2) is 35.3 Å². The second-order valence-electron chi connectivity index (χ2n) is 7.97. The Hall–Kier alpha value is -2.20. The van der Waals surface area contributed by atoms with Gasteiger partial charge in [-0.1, -0.05) is 64.6 Å². The van der Waals surface area contributed by atoms with Gasteiger partial charge in [-0.2, -0.15) is 0 Å². The summed E-state index contributed by atoms with van der Waals surface area (Å²) in [5.74, 6) is -1.28. The van der Waals surface area contributed by atoms with E-state index < -0.39 is 31.8 Å². The molecule has 5 N–H and O–H groups in total. The van der Waals surface area contributed by atoms with Gasteiger partial charge in [0, 0.05) is 9.13 Å². The molecule has 0 fully saturated rings. The molecule has 0 aliphatic heterocycles. The van der Waals surface area contributed by atoms with E-state index in [4.69, 9.17) is 47.0 Å². The number of sulfonamides is 1. The van der Waals surface area contributed by atoms with Gasteiger partial charge in [-0.3, -0.25) is 15.0 Å². The lowest BCUT2D eigenvalue weighted by molar-refractivity contribution is 0.0930. The van der Waals surface area contributed by atoms with E-state index in [2.05, 4.69) is 48.8 Å². The molecule has 0 aromatic heterocycles. The third-order valence-corrected chi connectivity index (χ3v) is 7.89. The molecule has 0 heterocycles. The number of benzene rings is 3. The van der Waals surface area contributed by atoms with Crippen molar-refractivity contribution in [1.29, 1.82) is 0 Å². The van der Waals surface area contributed by atoms with Crippen molar-refractivity contribution >= 4 is 102 Å². The number of hydrogen-bond donors (Lipinski definition) is 5. The number of para-hydroxylation sites is 1. The lowest BCUT2D eigenvalue weighted by Gasteiger charge is -2.28. The minimum Gasteiger partial charge on any atom is -0.339 e. The van der Waals surface area contributed by atoms with Crippen molar-refractivity contribution in [3.63, 3.8) is 0 Å². The number of hydrazine groups is 1. The Morgan fingerprint density at radius 1 is 0.897 bits per heavy atom. The van der Waals surface area contributed by atoms with E-state index in [9.17, 15) is 18.0 Å². The van der Waals surface area contributed by atoms with E-state index in [-0.39, 0.29) is 21.3 Å². The number of carbonyl (C=O) groups is 2. The number of thiocarbonyl (C=S) groups is 1. The fraction of sp³-hybridized carbons (Fsp3) is 0.125. The molecular weight excluding hydrogens is 720 g/mol. The minimum absolute atomic E-state index is 0.0183. The second kappa shape index (κ2) is 13.4. The predicted octanol–water partition coefficient (Wildman–Crippen LogP) is 4.64. The summed E-state index contributed by atoms with van der Waals surface area (Å²) < 4.78 is 24.0. The Kier molecular flexibility index (Phi) is 10.8. The lowest BCUT2D eigenvalue weighted by atomic mass is 10.1. The van der Waals surface area contributed by atoms with Crippen molar-refractivity contribution in [3.05, 3.63) is 93.1 Å². The number of nitrogens with one attached hydrogen (secondary N) is 5. The molecule has 1 unspecified atom stereocenters. The second-order valence-corrected chi connectivity index (χ2v) is 13.7.